The summed E-state index contributed by atoms with van der Waals surface area (Å²) in [6.07, 6.45) is 5.62. The lowest BCUT2D eigenvalue weighted by molar-refractivity contribution is 0.121. The lowest BCUT2D eigenvalue weighted by Gasteiger charge is -2.38. The van der Waals surface area contributed by atoms with Crippen molar-refractivity contribution in [1.82, 2.24) is 4.90 Å². The van der Waals surface area contributed by atoms with Crippen LogP contribution >= 0.6 is 12.6 Å². The fraction of sp³-hybridized carbons (Fsp3) is 0.833. The van der Waals surface area contributed by atoms with Gasteiger partial charge in [-0.1, -0.05) is 19.1 Å². The Morgan fingerprint density at radius 3 is 2.43 bits per heavy atom. The third-order valence-corrected chi connectivity index (χ3v) is 4.20. The standard InChI is InChI=1S/C12H21NS/c1-9-5-11-3-4-12(6-9)13(11)7-10(2)8-14/h9,11-12,14H,2-8H2,1H3. The minimum absolute atomic E-state index is 0.839. The predicted octanol–water partition coefficient (Wildman–Crippen LogP) is 2.74. The minimum Gasteiger partial charge on any atom is -0.293 e. The fourth-order valence-electron chi connectivity index (χ4n) is 3.11. The van der Waals surface area contributed by atoms with E-state index in [0.29, 0.717) is 0 Å². The van der Waals surface area contributed by atoms with Crippen molar-refractivity contribution in [2.45, 2.75) is 44.7 Å². The monoisotopic (exact) mass is 211 g/mol. The molecule has 2 unspecified atom stereocenters. The molecule has 2 rings (SSSR count). The van der Waals surface area contributed by atoms with Crippen molar-refractivity contribution in [3.63, 3.8) is 0 Å². The van der Waals surface area contributed by atoms with E-state index in [1.165, 1.54) is 31.3 Å². The summed E-state index contributed by atoms with van der Waals surface area (Å²) < 4.78 is 0. The molecular weight excluding hydrogens is 190 g/mol. The normalized spacial score (nSPS) is 37.4. The maximum Gasteiger partial charge on any atom is 0.0204 e. The van der Waals surface area contributed by atoms with Crippen LogP contribution in [0, 0.1) is 5.92 Å². The van der Waals surface area contributed by atoms with E-state index in [1.807, 2.05) is 0 Å². The molecule has 2 bridgehead atoms. The molecule has 2 atom stereocenters. The zero-order valence-electron chi connectivity index (χ0n) is 9.08. The van der Waals surface area contributed by atoms with Gasteiger partial charge in [0.15, 0.2) is 0 Å². The zero-order valence-corrected chi connectivity index (χ0v) is 9.97. The van der Waals surface area contributed by atoms with Crippen LogP contribution in [-0.4, -0.2) is 29.3 Å². The first kappa shape index (κ1) is 10.6. The van der Waals surface area contributed by atoms with E-state index in [2.05, 4.69) is 31.0 Å². The van der Waals surface area contributed by atoms with Crippen LogP contribution in [0.5, 0.6) is 0 Å². The first-order chi connectivity index (χ1) is 6.70. The first-order valence-corrected chi connectivity index (χ1v) is 6.37. The molecule has 0 aromatic heterocycles. The summed E-state index contributed by atoms with van der Waals surface area (Å²) in [6.45, 7) is 7.55. The summed E-state index contributed by atoms with van der Waals surface area (Å²) in [7, 11) is 0. The van der Waals surface area contributed by atoms with Gasteiger partial charge in [0.2, 0.25) is 0 Å². The van der Waals surface area contributed by atoms with Crippen LogP contribution in [0.4, 0.5) is 0 Å². The smallest absolute Gasteiger partial charge is 0.0204 e. The van der Waals surface area contributed by atoms with Crippen LogP contribution in [0.15, 0.2) is 12.2 Å². The van der Waals surface area contributed by atoms with E-state index < -0.39 is 0 Å². The van der Waals surface area contributed by atoms with Gasteiger partial charge in [-0.05, 0) is 31.6 Å². The van der Waals surface area contributed by atoms with Crippen molar-refractivity contribution in [2.75, 3.05) is 12.3 Å². The summed E-state index contributed by atoms with van der Waals surface area (Å²) in [5.41, 5.74) is 1.28. The average molecular weight is 211 g/mol. The largest absolute Gasteiger partial charge is 0.293 e. The van der Waals surface area contributed by atoms with Crippen LogP contribution in [0.2, 0.25) is 0 Å². The Kier molecular flexibility index (Phi) is 3.23. The number of rotatable bonds is 3. The number of fused-ring (bicyclic) bond motifs is 2. The van der Waals surface area contributed by atoms with Crippen LogP contribution in [0.25, 0.3) is 0 Å². The molecule has 0 aromatic rings. The number of piperidine rings is 1. The molecule has 0 amide bonds. The summed E-state index contributed by atoms with van der Waals surface area (Å²) >= 11 is 4.29. The van der Waals surface area contributed by atoms with Crippen molar-refractivity contribution in [3.05, 3.63) is 12.2 Å². The second kappa shape index (κ2) is 4.28. The molecule has 0 N–H and O–H groups in total. The highest BCUT2D eigenvalue weighted by atomic mass is 32.1. The second-order valence-electron chi connectivity index (χ2n) is 5.04. The molecule has 2 heterocycles. The minimum atomic E-state index is 0.839. The molecule has 0 aromatic carbocycles. The Labute approximate surface area is 93.0 Å². The van der Waals surface area contributed by atoms with Gasteiger partial charge in [0.25, 0.3) is 0 Å². The molecule has 0 radical (unpaired) electrons. The van der Waals surface area contributed by atoms with E-state index in [0.717, 1.165) is 30.3 Å². The summed E-state index contributed by atoms with van der Waals surface area (Å²) in [6, 6.07) is 1.70. The van der Waals surface area contributed by atoms with Gasteiger partial charge in [0.05, 0.1) is 0 Å². The van der Waals surface area contributed by atoms with Gasteiger partial charge in [0, 0.05) is 24.4 Å². The van der Waals surface area contributed by atoms with Gasteiger partial charge in [-0.15, -0.1) is 0 Å². The number of hydrogen-bond acceptors (Lipinski definition) is 2. The zero-order chi connectivity index (χ0) is 10.1. The van der Waals surface area contributed by atoms with E-state index in [-0.39, 0.29) is 0 Å². The molecule has 2 aliphatic rings. The maximum atomic E-state index is 4.29. The molecule has 2 saturated heterocycles. The van der Waals surface area contributed by atoms with Crippen LogP contribution < -0.4 is 0 Å². The Balaban J connectivity index is 1.97. The van der Waals surface area contributed by atoms with Crippen LogP contribution in [-0.2, 0) is 0 Å². The number of thiol groups is 1. The molecule has 0 saturated carbocycles. The van der Waals surface area contributed by atoms with E-state index in [9.17, 15) is 0 Å². The molecule has 0 spiro atoms. The highest BCUT2D eigenvalue weighted by molar-refractivity contribution is 7.80. The molecule has 2 heteroatoms. The summed E-state index contributed by atoms with van der Waals surface area (Å²) in [5.74, 6) is 1.78. The topological polar surface area (TPSA) is 3.24 Å². The third kappa shape index (κ3) is 2.01. The Morgan fingerprint density at radius 1 is 1.36 bits per heavy atom. The summed E-state index contributed by atoms with van der Waals surface area (Å²) in [4.78, 5) is 2.68. The Bertz CT molecular complexity index is 212. The van der Waals surface area contributed by atoms with Gasteiger partial charge in [-0.25, -0.2) is 0 Å². The van der Waals surface area contributed by atoms with Crippen molar-refractivity contribution in [1.29, 1.82) is 0 Å². The van der Waals surface area contributed by atoms with Crippen molar-refractivity contribution < 1.29 is 0 Å². The van der Waals surface area contributed by atoms with Gasteiger partial charge in [-0.2, -0.15) is 12.6 Å². The molecule has 80 valence electrons. The van der Waals surface area contributed by atoms with Crippen LogP contribution in [0.3, 0.4) is 0 Å². The van der Waals surface area contributed by atoms with Crippen LogP contribution in [0.1, 0.15) is 32.6 Å². The molecular formula is C12H21NS. The van der Waals surface area contributed by atoms with E-state index in [1.54, 1.807) is 0 Å². The van der Waals surface area contributed by atoms with Crippen molar-refractivity contribution >= 4 is 12.6 Å². The molecule has 2 aliphatic heterocycles. The molecule has 2 fully saturated rings. The lowest BCUT2D eigenvalue weighted by Crippen LogP contribution is -2.43. The number of nitrogens with zero attached hydrogens (tertiary/aromatic N) is 1. The van der Waals surface area contributed by atoms with E-state index in [4.69, 9.17) is 0 Å². The summed E-state index contributed by atoms with van der Waals surface area (Å²) in [5, 5.41) is 0. The third-order valence-electron chi connectivity index (χ3n) is 3.75. The molecule has 0 aliphatic carbocycles. The highest BCUT2D eigenvalue weighted by Crippen LogP contribution is 2.38. The Morgan fingerprint density at radius 2 is 1.93 bits per heavy atom. The van der Waals surface area contributed by atoms with Crippen molar-refractivity contribution in [3.8, 4) is 0 Å². The maximum absolute atomic E-state index is 4.29. The number of hydrogen-bond donors (Lipinski definition) is 1. The fourth-order valence-corrected chi connectivity index (χ4v) is 3.21. The SMILES string of the molecule is C=C(CS)CN1C2CCC1CC(C)C2. The molecule has 14 heavy (non-hydrogen) atoms. The van der Waals surface area contributed by atoms with Crippen molar-refractivity contribution in [2.24, 2.45) is 5.92 Å². The lowest BCUT2D eigenvalue weighted by atomic mass is 9.92. The van der Waals surface area contributed by atoms with Gasteiger partial charge >= 0.3 is 0 Å². The quantitative estimate of drug-likeness (QED) is 0.555. The van der Waals surface area contributed by atoms with E-state index >= 15 is 0 Å². The predicted molar refractivity (Wildman–Crippen MR) is 64.9 cm³/mol. The van der Waals surface area contributed by atoms with Gasteiger partial charge in [0.1, 0.15) is 0 Å². The Hall–Kier alpha value is 0.0500. The first-order valence-electron chi connectivity index (χ1n) is 5.74. The molecule has 1 nitrogen and oxygen atoms in total. The van der Waals surface area contributed by atoms with Gasteiger partial charge in [-0.3, -0.25) is 4.90 Å². The van der Waals surface area contributed by atoms with Gasteiger partial charge < -0.3 is 0 Å². The average Bonchev–Trinajstić information content (AvgIpc) is 2.41. The second-order valence-corrected chi connectivity index (χ2v) is 5.36. The highest BCUT2D eigenvalue weighted by Gasteiger charge is 2.38.